The molecule has 1 aromatic heterocycles. The van der Waals surface area contributed by atoms with Gasteiger partial charge in [0.1, 0.15) is 5.71 Å². The lowest BCUT2D eigenvalue weighted by Gasteiger charge is -2.04. The molecule has 80 valence electrons. The molecule has 0 radical (unpaired) electrons. The summed E-state index contributed by atoms with van der Waals surface area (Å²) in [7, 11) is 0. The number of amides is 1. The minimum absolute atomic E-state index is 0.0428. The van der Waals surface area contributed by atoms with E-state index in [1.165, 1.54) is 0 Å². The Hall–Kier alpha value is -2.17. The molecule has 5 nitrogen and oxygen atoms in total. The molecule has 3 N–H and O–H groups in total. The molecule has 1 aromatic carbocycles. The fraction of sp³-hybridized carbons (Fsp3) is 0.182. The molecule has 0 saturated carbocycles. The third-order valence-corrected chi connectivity index (χ3v) is 2.89. The molecule has 0 fully saturated rings. The van der Waals surface area contributed by atoms with Crippen LogP contribution < -0.4 is 5.73 Å². The third-order valence-electron chi connectivity index (χ3n) is 2.89. The van der Waals surface area contributed by atoms with Crippen LogP contribution in [0.25, 0.3) is 10.9 Å². The van der Waals surface area contributed by atoms with Crippen LogP contribution >= 0.6 is 0 Å². The molecule has 5 heteroatoms. The fourth-order valence-corrected chi connectivity index (χ4v) is 2.22. The van der Waals surface area contributed by atoms with Crippen LogP contribution in [0.1, 0.15) is 24.1 Å². The zero-order chi connectivity index (χ0) is 11.3. The maximum Gasteiger partial charge on any atom is 0.267 e. The van der Waals surface area contributed by atoms with Crippen LogP contribution in [0.2, 0.25) is 0 Å². The van der Waals surface area contributed by atoms with Gasteiger partial charge in [0, 0.05) is 10.9 Å². The largest absolute Gasteiger partial charge is 0.364 e. The van der Waals surface area contributed by atoms with Crippen LogP contribution in [0.3, 0.4) is 0 Å². The number of fused-ring (bicyclic) bond motifs is 3. The SMILES string of the molecule is CC1N=C(C(N)=O)c2ccc3[nH]ncc3c21. The number of aliphatic imine (C=N–C) groups is 1. The summed E-state index contributed by atoms with van der Waals surface area (Å²) in [4.78, 5) is 15.5. The van der Waals surface area contributed by atoms with Crippen molar-refractivity contribution < 1.29 is 4.79 Å². The molecule has 0 spiro atoms. The molecule has 2 heterocycles. The number of aromatic amines is 1. The highest BCUT2D eigenvalue weighted by atomic mass is 16.1. The molecule has 1 aliphatic rings. The number of nitrogens with zero attached hydrogens (tertiary/aromatic N) is 2. The Bertz CT molecular complexity index is 626. The summed E-state index contributed by atoms with van der Waals surface area (Å²) >= 11 is 0. The van der Waals surface area contributed by atoms with Crippen LogP contribution in [0.4, 0.5) is 0 Å². The van der Waals surface area contributed by atoms with Gasteiger partial charge in [0.25, 0.3) is 5.91 Å². The van der Waals surface area contributed by atoms with Gasteiger partial charge < -0.3 is 5.73 Å². The highest BCUT2D eigenvalue weighted by Gasteiger charge is 2.27. The van der Waals surface area contributed by atoms with Crippen molar-refractivity contribution in [3.05, 3.63) is 29.5 Å². The minimum Gasteiger partial charge on any atom is -0.364 e. The van der Waals surface area contributed by atoms with E-state index in [4.69, 9.17) is 5.73 Å². The molecule has 0 aliphatic carbocycles. The van der Waals surface area contributed by atoms with Gasteiger partial charge in [0.15, 0.2) is 0 Å². The number of nitrogens with two attached hydrogens (primary N) is 1. The fourth-order valence-electron chi connectivity index (χ4n) is 2.22. The second-order valence-electron chi connectivity index (χ2n) is 3.88. The van der Waals surface area contributed by atoms with E-state index in [1.54, 1.807) is 6.20 Å². The summed E-state index contributed by atoms with van der Waals surface area (Å²) < 4.78 is 0. The Morgan fingerprint density at radius 3 is 3.06 bits per heavy atom. The van der Waals surface area contributed by atoms with E-state index in [0.717, 1.165) is 22.0 Å². The van der Waals surface area contributed by atoms with Crippen molar-refractivity contribution in [3.8, 4) is 0 Å². The van der Waals surface area contributed by atoms with Crippen molar-refractivity contribution in [2.75, 3.05) is 0 Å². The molecular formula is C11H10N4O. The topological polar surface area (TPSA) is 84.1 Å². The number of carbonyl (C=O) groups excluding carboxylic acids is 1. The second-order valence-corrected chi connectivity index (χ2v) is 3.88. The van der Waals surface area contributed by atoms with E-state index in [2.05, 4.69) is 15.2 Å². The van der Waals surface area contributed by atoms with Gasteiger partial charge in [-0.05, 0) is 18.6 Å². The van der Waals surface area contributed by atoms with E-state index in [0.29, 0.717) is 5.71 Å². The van der Waals surface area contributed by atoms with Gasteiger partial charge >= 0.3 is 0 Å². The van der Waals surface area contributed by atoms with Crippen LogP contribution in [-0.4, -0.2) is 21.8 Å². The number of hydrogen-bond donors (Lipinski definition) is 2. The van der Waals surface area contributed by atoms with Gasteiger partial charge in [0.2, 0.25) is 0 Å². The molecule has 16 heavy (non-hydrogen) atoms. The smallest absolute Gasteiger partial charge is 0.267 e. The molecule has 3 rings (SSSR count). The summed E-state index contributed by atoms with van der Waals surface area (Å²) in [6.45, 7) is 1.95. The summed E-state index contributed by atoms with van der Waals surface area (Å²) in [6, 6.07) is 3.71. The number of hydrogen-bond acceptors (Lipinski definition) is 3. The highest BCUT2D eigenvalue weighted by Crippen LogP contribution is 2.34. The molecule has 0 saturated heterocycles. The minimum atomic E-state index is -0.478. The van der Waals surface area contributed by atoms with Crippen LogP contribution in [0.15, 0.2) is 23.3 Å². The molecule has 1 unspecified atom stereocenters. The van der Waals surface area contributed by atoms with E-state index in [9.17, 15) is 4.79 Å². The first-order chi connectivity index (χ1) is 7.68. The molecule has 1 aliphatic heterocycles. The number of carbonyl (C=O) groups is 1. The summed E-state index contributed by atoms with van der Waals surface area (Å²) in [6.07, 6.45) is 1.75. The quantitative estimate of drug-likeness (QED) is 0.739. The number of primary amides is 1. The van der Waals surface area contributed by atoms with Gasteiger partial charge in [0.05, 0.1) is 17.8 Å². The van der Waals surface area contributed by atoms with Gasteiger partial charge in [-0.2, -0.15) is 5.10 Å². The number of nitrogens with one attached hydrogen (secondary N) is 1. The lowest BCUT2D eigenvalue weighted by Crippen LogP contribution is -2.22. The van der Waals surface area contributed by atoms with Crippen LogP contribution in [0.5, 0.6) is 0 Å². The molecular weight excluding hydrogens is 204 g/mol. The van der Waals surface area contributed by atoms with Crippen LogP contribution in [0, 0.1) is 0 Å². The third kappa shape index (κ3) is 1.02. The predicted molar refractivity (Wildman–Crippen MR) is 60.2 cm³/mol. The Kier molecular flexibility index (Phi) is 1.65. The van der Waals surface area contributed by atoms with Gasteiger partial charge in [-0.1, -0.05) is 6.07 Å². The maximum atomic E-state index is 11.3. The summed E-state index contributed by atoms with van der Waals surface area (Å²) in [5, 5.41) is 7.89. The molecule has 0 bridgehead atoms. The highest BCUT2D eigenvalue weighted by molar-refractivity contribution is 6.46. The number of aromatic nitrogens is 2. The molecule has 1 amide bonds. The number of rotatable bonds is 1. The Morgan fingerprint density at radius 1 is 1.50 bits per heavy atom. The van der Waals surface area contributed by atoms with Crippen molar-refractivity contribution in [3.63, 3.8) is 0 Å². The van der Waals surface area contributed by atoms with Gasteiger partial charge in [-0.15, -0.1) is 0 Å². The Labute approximate surface area is 91.4 Å². The lowest BCUT2D eigenvalue weighted by atomic mass is 9.98. The van der Waals surface area contributed by atoms with E-state index >= 15 is 0 Å². The van der Waals surface area contributed by atoms with E-state index in [1.807, 2.05) is 19.1 Å². The van der Waals surface area contributed by atoms with Crippen molar-refractivity contribution in [1.29, 1.82) is 0 Å². The first-order valence-electron chi connectivity index (χ1n) is 5.02. The van der Waals surface area contributed by atoms with Crippen molar-refractivity contribution in [2.24, 2.45) is 10.7 Å². The lowest BCUT2D eigenvalue weighted by molar-refractivity contribution is -0.111. The predicted octanol–water partition coefficient (Wildman–Crippen LogP) is 0.912. The average Bonchev–Trinajstić information content (AvgIpc) is 2.81. The molecule has 2 aromatic rings. The summed E-state index contributed by atoms with van der Waals surface area (Å²) in [5.74, 6) is -0.478. The van der Waals surface area contributed by atoms with Crippen LogP contribution in [-0.2, 0) is 4.79 Å². The van der Waals surface area contributed by atoms with Gasteiger partial charge in [-0.3, -0.25) is 14.9 Å². The average molecular weight is 214 g/mol. The van der Waals surface area contributed by atoms with Crippen molar-refractivity contribution in [2.45, 2.75) is 13.0 Å². The van der Waals surface area contributed by atoms with Gasteiger partial charge in [-0.25, -0.2) is 0 Å². The Balaban J connectivity index is 2.34. The first kappa shape index (κ1) is 9.08. The zero-order valence-electron chi connectivity index (χ0n) is 8.69. The van der Waals surface area contributed by atoms with Crippen molar-refractivity contribution >= 4 is 22.5 Å². The monoisotopic (exact) mass is 214 g/mol. The standard InChI is InChI=1S/C11H10N4O/c1-5-9-6(10(14-5)11(12)16)2-3-8-7(9)4-13-15-8/h2-5H,1H3,(H2,12,16)(H,13,15). The zero-order valence-corrected chi connectivity index (χ0v) is 8.69. The normalized spacial score (nSPS) is 18.6. The first-order valence-corrected chi connectivity index (χ1v) is 5.02. The van der Waals surface area contributed by atoms with E-state index in [-0.39, 0.29) is 6.04 Å². The number of benzene rings is 1. The number of H-pyrrole nitrogens is 1. The summed E-state index contributed by atoms with van der Waals surface area (Å²) in [5.41, 5.74) is 8.47. The van der Waals surface area contributed by atoms with E-state index < -0.39 is 5.91 Å². The second kappa shape index (κ2) is 2.91. The van der Waals surface area contributed by atoms with Crippen molar-refractivity contribution in [1.82, 2.24) is 10.2 Å². The maximum absolute atomic E-state index is 11.3. The Morgan fingerprint density at radius 2 is 2.31 bits per heavy atom. The molecule has 1 atom stereocenters.